The van der Waals surface area contributed by atoms with Crippen molar-refractivity contribution in [3.63, 3.8) is 0 Å². The van der Waals surface area contributed by atoms with Crippen LogP contribution in [-0.4, -0.2) is 23.2 Å². The number of hydrogen-bond acceptors (Lipinski definition) is 4. The van der Waals surface area contributed by atoms with Gasteiger partial charge >= 0.3 is 5.97 Å². The molecule has 0 fully saturated rings. The summed E-state index contributed by atoms with van der Waals surface area (Å²) in [5, 5.41) is 14.3. The summed E-state index contributed by atoms with van der Waals surface area (Å²) in [6.45, 7) is 12.2. The maximum Gasteiger partial charge on any atom is 0.308 e. The molecular formula is C19H31NO3. The summed E-state index contributed by atoms with van der Waals surface area (Å²) in [4.78, 5) is 12.1. The molecule has 4 heteroatoms. The third kappa shape index (κ3) is 6.32. The molecule has 0 aliphatic heterocycles. The van der Waals surface area contributed by atoms with Gasteiger partial charge in [-0.05, 0) is 58.2 Å². The first kappa shape index (κ1) is 19.7. The summed E-state index contributed by atoms with van der Waals surface area (Å²) in [5.41, 5.74) is 2.60. The average Bonchev–Trinajstić information content (AvgIpc) is 2.45. The molecule has 1 aromatic rings. The van der Waals surface area contributed by atoms with Gasteiger partial charge in [-0.15, -0.1) is 0 Å². The Morgan fingerprint density at radius 1 is 1.22 bits per heavy atom. The molecule has 0 saturated carbocycles. The number of nitrogens with one attached hydrogen (secondary N) is 1. The SMILES string of the molecule is CCCCC(=O)OC(O)(CNC(C)(C)C)c1ccc(C)c(C)c1. The first-order chi connectivity index (χ1) is 10.6. The zero-order chi connectivity index (χ0) is 17.7. The van der Waals surface area contributed by atoms with E-state index in [2.05, 4.69) is 5.32 Å². The van der Waals surface area contributed by atoms with Crippen molar-refractivity contribution in [1.82, 2.24) is 5.32 Å². The van der Waals surface area contributed by atoms with Crippen LogP contribution in [0.3, 0.4) is 0 Å². The average molecular weight is 321 g/mol. The van der Waals surface area contributed by atoms with Crippen molar-refractivity contribution in [1.29, 1.82) is 0 Å². The molecule has 4 nitrogen and oxygen atoms in total. The number of carbonyl (C=O) groups excluding carboxylic acids is 1. The lowest BCUT2D eigenvalue weighted by atomic mass is 9.99. The van der Waals surface area contributed by atoms with Crippen LogP contribution in [0.15, 0.2) is 18.2 Å². The van der Waals surface area contributed by atoms with Crippen LogP contribution in [0.4, 0.5) is 0 Å². The zero-order valence-electron chi connectivity index (χ0n) is 15.3. The topological polar surface area (TPSA) is 58.6 Å². The van der Waals surface area contributed by atoms with Crippen LogP contribution in [-0.2, 0) is 15.3 Å². The Hall–Kier alpha value is -1.39. The highest BCUT2D eigenvalue weighted by atomic mass is 16.7. The molecule has 0 heterocycles. The minimum absolute atomic E-state index is 0.150. The molecule has 0 aliphatic rings. The van der Waals surface area contributed by atoms with Crippen LogP contribution < -0.4 is 5.32 Å². The lowest BCUT2D eigenvalue weighted by Crippen LogP contribution is -2.48. The van der Waals surface area contributed by atoms with Gasteiger partial charge in [-0.2, -0.15) is 0 Å². The monoisotopic (exact) mass is 321 g/mol. The van der Waals surface area contributed by atoms with Crippen molar-refractivity contribution >= 4 is 5.97 Å². The number of benzene rings is 1. The molecular weight excluding hydrogens is 290 g/mol. The number of unbranched alkanes of at least 4 members (excludes halogenated alkanes) is 1. The van der Waals surface area contributed by atoms with E-state index in [0.29, 0.717) is 12.0 Å². The van der Waals surface area contributed by atoms with E-state index in [0.717, 1.165) is 24.0 Å². The molecule has 0 aliphatic carbocycles. The minimum atomic E-state index is -1.66. The van der Waals surface area contributed by atoms with Crippen molar-refractivity contribution < 1.29 is 14.6 Å². The number of rotatable bonds is 7. The first-order valence-electron chi connectivity index (χ1n) is 8.34. The number of aryl methyl sites for hydroxylation is 2. The Balaban J connectivity index is 3.03. The van der Waals surface area contributed by atoms with E-state index in [-0.39, 0.29) is 18.1 Å². The zero-order valence-corrected chi connectivity index (χ0v) is 15.3. The maximum absolute atomic E-state index is 12.1. The second-order valence-corrected chi connectivity index (χ2v) is 7.26. The van der Waals surface area contributed by atoms with Gasteiger partial charge in [0, 0.05) is 17.5 Å². The number of carbonyl (C=O) groups is 1. The fourth-order valence-electron chi connectivity index (χ4n) is 2.13. The highest BCUT2D eigenvalue weighted by Gasteiger charge is 2.35. The Bertz CT molecular complexity index is 534. The molecule has 0 aromatic heterocycles. The van der Waals surface area contributed by atoms with E-state index in [1.54, 1.807) is 0 Å². The Morgan fingerprint density at radius 3 is 2.39 bits per heavy atom. The van der Waals surface area contributed by atoms with E-state index < -0.39 is 5.79 Å². The molecule has 0 amide bonds. The van der Waals surface area contributed by atoms with Gasteiger partial charge in [-0.3, -0.25) is 4.79 Å². The molecule has 130 valence electrons. The van der Waals surface area contributed by atoms with E-state index in [9.17, 15) is 9.90 Å². The van der Waals surface area contributed by atoms with E-state index in [1.807, 2.05) is 59.7 Å². The summed E-state index contributed by atoms with van der Waals surface area (Å²) in [5.74, 6) is -2.03. The van der Waals surface area contributed by atoms with Gasteiger partial charge in [-0.25, -0.2) is 0 Å². The second kappa shape index (κ2) is 7.93. The predicted octanol–water partition coefficient (Wildman–Crippen LogP) is 3.57. The van der Waals surface area contributed by atoms with E-state index >= 15 is 0 Å². The highest BCUT2D eigenvalue weighted by molar-refractivity contribution is 5.70. The maximum atomic E-state index is 12.1. The Labute approximate surface area is 140 Å². The predicted molar refractivity (Wildman–Crippen MR) is 93.2 cm³/mol. The van der Waals surface area contributed by atoms with Gasteiger partial charge in [0.1, 0.15) is 0 Å². The standard InChI is InChI=1S/C19H31NO3/c1-7-8-9-17(21)23-19(22,13-20-18(4,5)6)16-11-10-14(2)15(3)12-16/h10-12,20,22H,7-9,13H2,1-6H3. The Morgan fingerprint density at radius 2 is 1.87 bits per heavy atom. The number of esters is 1. The smallest absolute Gasteiger partial charge is 0.308 e. The van der Waals surface area contributed by atoms with Gasteiger partial charge in [0.25, 0.3) is 5.79 Å². The molecule has 0 radical (unpaired) electrons. The van der Waals surface area contributed by atoms with Crippen LogP contribution in [0.25, 0.3) is 0 Å². The van der Waals surface area contributed by atoms with Gasteiger partial charge in [0.15, 0.2) is 0 Å². The van der Waals surface area contributed by atoms with Crippen molar-refractivity contribution in [2.75, 3.05) is 6.54 Å². The molecule has 0 spiro atoms. The number of ether oxygens (including phenoxy) is 1. The molecule has 23 heavy (non-hydrogen) atoms. The molecule has 2 N–H and O–H groups in total. The summed E-state index contributed by atoms with van der Waals surface area (Å²) in [6, 6.07) is 5.64. The van der Waals surface area contributed by atoms with Crippen LogP contribution >= 0.6 is 0 Å². The summed E-state index contributed by atoms with van der Waals surface area (Å²) >= 11 is 0. The van der Waals surface area contributed by atoms with Crippen LogP contribution in [0, 0.1) is 13.8 Å². The number of β-amino-alcohol motifs (C(OH)–C–C–N with tert-alkyl or cyclic N) is 1. The highest BCUT2D eigenvalue weighted by Crippen LogP contribution is 2.26. The minimum Gasteiger partial charge on any atom is -0.427 e. The number of hydrogen-bond donors (Lipinski definition) is 2. The van der Waals surface area contributed by atoms with Gasteiger partial charge in [-0.1, -0.05) is 25.5 Å². The van der Waals surface area contributed by atoms with E-state index in [4.69, 9.17) is 4.74 Å². The fraction of sp³-hybridized carbons (Fsp3) is 0.632. The van der Waals surface area contributed by atoms with Crippen LogP contribution in [0.5, 0.6) is 0 Å². The first-order valence-corrected chi connectivity index (χ1v) is 8.34. The van der Waals surface area contributed by atoms with Gasteiger partial charge in [0.2, 0.25) is 0 Å². The number of aliphatic hydroxyl groups is 1. The quantitative estimate of drug-likeness (QED) is 0.595. The van der Waals surface area contributed by atoms with Gasteiger partial charge in [0.05, 0.1) is 6.54 Å². The lowest BCUT2D eigenvalue weighted by Gasteiger charge is -2.32. The summed E-state index contributed by atoms with van der Waals surface area (Å²) < 4.78 is 5.47. The summed E-state index contributed by atoms with van der Waals surface area (Å²) in [6.07, 6.45) is 1.99. The summed E-state index contributed by atoms with van der Waals surface area (Å²) in [7, 11) is 0. The van der Waals surface area contributed by atoms with Crippen molar-refractivity contribution in [3.8, 4) is 0 Å². The molecule has 0 saturated heterocycles. The van der Waals surface area contributed by atoms with Crippen LogP contribution in [0.2, 0.25) is 0 Å². The molecule has 0 bridgehead atoms. The Kier molecular flexibility index (Phi) is 6.78. The second-order valence-electron chi connectivity index (χ2n) is 7.26. The fourth-order valence-corrected chi connectivity index (χ4v) is 2.13. The molecule has 1 atom stereocenters. The molecule has 1 rings (SSSR count). The molecule has 1 aromatic carbocycles. The van der Waals surface area contributed by atoms with Crippen molar-refractivity contribution in [2.24, 2.45) is 0 Å². The van der Waals surface area contributed by atoms with Crippen LogP contribution in [0.1, 0.15) is 63.6 Å². The largest absolute Gasteiger partial charge is 0.427 e. The normalized spacial score (nSPS) is 14.4. The van der Waals surface area contributed by atoms with E-state index in [1.165, 1.54) is 0 Å². The van der Waals surface area contributed by atoms with Crippen molar-refractivity contribution in [2.45, 2.75) is 72.1 Å². The van der Waals surface area contributed by atoms with Crippen molar-refractivity contribution in [3.05, 3.63) is 34.9 Å². The third-order valence-corrected chi connectivity index (χ3v) is 3.83. The lowest BCUT2D eigenvalue weighted by molar-refractivity contribution is -0.214. The van der Waals surface area contributed by atoms with Gasteiger partial charge < -0.3 is 15.2 Å². The molecule has 1 unspecified atom stereocenters. The third-order valence-electron chi connectivity index (χ3n) is 3.83.